The molecule has 2 aliphatic heterocycles. The summed E-state index contributed by atoms with van der Waals surface area (Å²) in [5.41, 5.74) is 0.867. The number of carbonyl (C=O) groups is 1. The Hall–Kier alpha value is -2.41. The highest BCUT2D eigenvalue weighted by Gasteiger charge is 2.34. The van der Waals surface area contributed by atoms with Crippen LogP contribution >= 0.6 is 0 Å². The zero-order valence-corrected chi connectivity index (χ0v) is 17.9. The summed E-state index contributed by atoms with van der Waals surface area (Å²) in [5.74, 6) is 1.97. The summed E-state index contributed by atoms with van der Waals surface area (Å²) >= 11 is 0. The lowest BCUT2D eigenvalue weighted by atomic mass is 9.86. The molecular weight excluding hydrogens is 378 g/mol. The molecule has 162 valence electrons. The quantitative estimate of drug-likeness (QED) is 0.793. The molecule has 1 atom stereocenters. The Morgan fingerprint density at radius 3 is 2.53 bits per heavy atom. The average Bonchev–Trinajstić information content (AvgIpc) is 3.08. The molecule has 2 aliphatic rings. The molecule has 30 heavy (non-hydrogen) atoms. The van der Waals surface area contributed by atoms with Gasteiger partial charge in [0.15, 0.2) is 0 Å². The summed E-state index contributed by atoms with van der Waals surface area (Å²) < 4.78 is 5.68. The Morgan fingerprint density at radius 2 is 1.80 bits per heavy atom. The van der Waals surface area contributed by atoms with Crippen LogP contribution in [-0.2, 0) is 13.0 Å². The monoisotopic (exact) mass is 411 g/mol. The maximum Gasteiger partial charge on any atom is 0.322 e. The Kier molecular flexibility index (Phi) is 7.00. The number of aromatic nitrogens is 2. The molecule has 7 heteroatoms. The molecule has 0 aliphatic carbocycles. The lowest BCUT2D eigenvalue weighted by Crippen LogP contribution is -2.49. The van der Waals surface area contributed by atoms with E-state index in [2.05, 4.69) is 25.3 Å². The van der Waals surface area contributed by atoms with Gasteiger partial charge in [-0.3, -0.25) is 4.90 Å². The van der Waals surface area contributed by atoms with Crippen LogP contribution < -0.4 is 5.32 Å². The van der Waals surface area contributed by atoms with Crippen LogP contribution in [0.4, 0.5) is 10.5 Å². The van der Waals surface area contributed by atoms with Crippen molar-refractivity contribution in [1.82, 2.24) is 20.0 Å². The van der Waals surface area contributed by atoms with Crippen LogP contribution in [0.15, 0.2) is 34.7 Å². The van der Waals surface area contributed by atoms with E-state index in [0.29, 0.717) is 23.7 Å². The molecule has 2 fully saturated rings. The molecule has 7 nitrogen and oxygen atoms in total. The van der Waals surface area contributed by atoms with Crippen molar-refractivity contribution in [3.8, 4) is 0 Å². The van der Waals surface area contributed by atoms with Crippen LogP contribution in [0.25, 0.3) is 0 Å². The Bertz CT molecular complexity index is 801. The molecule has 2 aromatic rings. The second kappa shape index (κ2) is 10.1. The van der Waals surface area contributed by atoms with Crippen LogP contribution in [0.3, 0.4) is 0 Å². The summed E-state index contributed by atoms with van der Waals surface area (Å²) in [6.07, 6.45) is 7.61. The molecular formula is C23H33N5O2. The largest absolute Gasteiger partial charge is 0.424 e. The zero-order valence-electron chi connectivity index (χ0n) is 17.9. The van der Waals surface area contributed by atoms with Gasteiger partial charge in [-0.15, -0.1) is 10.2 Å². The van der Waals surface area contributed by atoms with Crippen molar-refractivity contribution in [2.75, 3.05) is 25.0 Å². The Morgan fingerprint density at radius 1 is 1.03 bits per heavy atom. The first-order valence-corrected chi connectivity index (χ1v) is 11.4. The van der Waals surface area contributed by atoms with Crippen molar-refractivity contribution in [1.29, 1.82) is 0 Å². The molecule has 0 saturated carbocycles. The minimum absolute atomic E-state index is 0.0495. The first kappa shape index (κ1) is 20.8. The number of likely N-dealkylation sites (tertiary alicyclic amines) is 2. The van der Waals surface area contributed by atoms with E-state index in [0.717, 1.165) is 64.0 Å². The number of urea groups is 1. The van der Waals surface area contributed by atoms with Crippen LogP contribution in [0.2, 0.25) is 0 Å². The van der Waals surface area contributed by atoms with E-state index < -0.39 is 0 Å². The molecule has 0 unspecified atom stereocenters. The molecule has 3 heterocycles. The highest BCUT2D eigenvalue weighted by molar-refractivity contribution is 5.89. The van der Waals surface area contributed by atoms with E-state index in [-0.39, 0.29) is 6.03 Å². The second-order valence-corrected chi connectivity index (χ2v) is 8.46. The first-order valence-electron chi connectivity index (χ1n) is 11.4. The number of benzene rings is 1. The van der Waals surface area contributed by atoms with Crippen LogP contribution in [-0.4, -0.2) is 51.7 Å². The fourth-order valence-electron chi connectivity index (χ4n) is 4.78. The molecule has 2 saturated heterocycles. The van der Waals surface area contributed by atoms with E-state index in [9.17, 15) is 4.79 Å². The minimum Gasteiger partial charge on any atom is -0.424 e. The van der Waals surface area contributed by atoms with Gasteiger partial charge >= 0.3 is 6.03 Å². The number of para-hydroxylation sites is 1. The number of nitrogens with zero attached hydrogens (tertiary/aromatic N) is 4. The smallest absolute Gasteiger partial charge is 0.322 e. The third-order valence-corrected chi connectivity index (χ3v) is 6.43. The van der Waals surface area contributed by atoms with Gasteiger partial charge in [-0.1, -0.05) is 38.0 Å². The van der Waals surface area contributed by atoms with Gasteiger partial charge in [0.2, 0.25) is 11.8 Å². The molecule has 4 rings (SSSR count). The summed E-state index contributed by atoms with van der Waals surface area (Å²) in [6, 6.07) is 10.2. The molecule has 1 aromatic carbocycles. The third-order valence-electron chi connectivity index (χ3n) is 6.43. The van der Waals surface area contributed by atoms with Crippen molar-refractivity contribution < 1.29 is 9.21 Å². The Balaban J connectivity index is 1.35. The Labute approximate surface area is 178 Å². The first-order chi connectivity index (χ1) is 14.7. The van der Waals surface area contributed by atoms with Gasteiger partial charge in [-0.2, -0.15) is 0 Å². The normalized spacial score (nSPS) is 21.4. The predicted molar refractivity (Wildman–Crippen MR) is 116 cm³/mol. The molecule has 2 amide bonds. The summed E-state index contributed by atoms with van der Waals surface area (Å²) in [5, 5.41) is 11.3. The van der Waals surface area contributed by atoms with Crippen LogP contribution in [0, 0.1) is 5.92 Å². The number of carbonyl (C=O) groups excluding carboxylic acids is 1. The van der Waals surface area contributed by atoms with Crippen molar-refractivity contribution in [2.45, 2.75) is 64.5 Å². The zero-order chi connectivity index (χ0) is 20.8. The molecule has 0 bridgehead atoms. The van der Waals surface area contributed by atoms with Crippen molar-refractivity contribution in [2.24, 2.45) is 5.92 Å². The highest BCUT2D eigenvalue weighted by atomic mass is 16.4. The summed E-state index contributed by atoms with van der Waals surface area (Å²) in [4.78, 5) is 17.6. The summed E-state index contributed by atoms with van der Waals surface area (Å²) in [6.45, 7) is 5.63. The number of rotatable bonds is 5. The number of hydrogen-bond acceptors (Lipinski definition) is 5. The van der Waals surface area contributed by atoms with E-state index in [1.807, 2.05) is 37.3 Å². The minimum atomic E-state index is 0.0495. The number of hydrogen-bond donors (Lipinski definition) is 1. The van der Waals surface area contributed by atoms with Gasteiger partial charge in [0.05, 0.1) is 6.54 Å². The van der Waals surface area contributed by atoms with Crippen molar-refractivity contribution >= 4 is 11.7 Å². The molecule has 1 aromatic heterocycles. The summed E-state index contributed by atoms with van der Waals surface area (Å²) in [7, 11) is 0. The van der Waals surface area contributed by atoms with E-state index in [1.54, 1.807) is 0 Å². The van der Waals surface area contributed by atoms with Gasteiger partial charge in [0.25, 0.3) is 0 Å². The number of anilines is 1. The van der Waals surface area contributed by atoms with Gasteiger partial charge in [0, 0.05) is 24.7 Å². The molecule has 1 N–H and O–H groups in total. The standard InChI is InChI=1S/C23H33N5O2/c1-2-21-25-26-22(30-21)17-27-15-12-18(13-16-27)20-11-7-4-8-14-28(20)23(29)24-19-9-5-3-6-10-19/h3,5-6,9-10,18,20H,2,4,7-8,11-17H2,1H3,(H,24,29)/t20-/m1/s1. The SMILES string of the molecule is CCc1nnc(CN2CCC([C@H]3CCCCCN3C(=O)Nc3ccccc3)CC2)o1. The highest BCUT2D eigenvalue weighted by Crippen LogP contribution is 2.31. The lowest BCUT2D eigenvalue weighted by molar-refractivity contribution is 0.0985. The second-order valence-electron chi connectivity index (χ2n) is 8.46. The molecule has 0 radical (unpaired) electrons. The van der Waals surface area contributed by atoms with Crippen molar-refractivity contribution in [3.63, 3.8) is 0 Å². The lowest BCUT2D eigenvalue weighted by Gasteiger charge is -2.40. The fourth-order valence-corrected chi connectivity index (χ4v) is 4.78. The van der Waals surface area contributed by atoms with E-state index >= 15 is 0 Å². The van der Waals surface area contributed by atoms with Gasteiger partial charge < -0.3 is 14.6 Å². The van der Waals surface area contributed by atoms with Gasteiger partial charge in [-0.05, 0) is 56.8 Å². The topological polar surface area (TPSA) is 74.5 Å². The number of piperidine rings is 1. The van der Waals surface area contributed by atoms with Crippen molar-refractivity contribution in [3.05, 3.63) is 42.1 Å². The van der Waals surface area contributed by atoms with E-state index in [1.165, 1.54) is 12.8 Å². The maximum absolute atomic E-state index is 13.1. The number of amides is 2. The third kappa shape index (κ3) is 5.19. The average molecular weight is 412 g/mol. The van der Waals surface area contributed by atoms with Crippen LogP contribution in [0.1, 0.15) is 57.2 Å². The maximum atomic E-state index is 13.1. The number of aryl methyl sites for hydroxylation is 1. The fraction of sp³-hybridized carbons (Fsp3) is 0.609. The predicted octanol–water partition coefficient (Wildman–Crippen LogP) is 4.32. The van der Waals surface area contributed by atoms with Gasteiger partial charge in [0.1, 0.15) is 0 Å². The van der Waals surface area contributed by atoms with Gasteiger partial charge in [-0.25, -0.2) is 4.79 Å². The van der Waals surface area contributed by atoms with E-state index in [4.69, 9.17) is 4.42 Å². The van der Waals surface area contributed by atoms with Crippen LogP contribution in [0.5, 0.6) is 0 Å². The molecule has 0 spiro atoms. The number of nitrogens with one attached hydrogen (secondary N) is 1.